The number of nitrogens with one attached hydrogen (secondary N) is 1. The van der Waals surface area contributed by atoms with Crippen molar-refractivity contribution in [3.05, 3.63) is 29.8 Å². The van der Waals surface area contributed by atoms with Crippen molar-refractivity contribution in [1.82, 2.24) is 5.32 Å². The topological polar surface area (TPSA) is 64.4 Å². The monoisotopic (exact) mass is 288 g/mol. The van der Waals surface area contributed by atoms with Crippen molar-refractivity contribution in [3.8, 4) is 5.75 Å². The Morgan fingerprint density at radius 1 is 1.45 bits per heavy atom. The first-order valence-electron chi connectivity index (χ1n) is 5.84. The third kappa shape index (κ3) is 6.12. The van der Waals surface area contributed by atoms with Crippen LogP contribution in [0.1, 0.15) is 18.9 Å². The number of benzene rings is 1. The van der Waals surface area contributed by atoms with Crippen molar-refractivity contribution in [3.63, 3.8) is 0 Å². The molecule has 0 aliphatic carbocycles. The van der Waals surface area contributed by atoms with Gasteiger partial charge in [-0.25, -0.2) is 0 Å². The lowest BCUT2D eigenvalue weighted by Gasteiger charge is -2.11. The average molecular weight is 288 g/mol. The van der Waals surface area contributed by atoms with Crippen molar-refractivity contribution >= 4 is 17.7 Å². The summed E-state index contributed by atoms with van der Waals surface area (Å²) in [4.78, 5) is 10.6. The molecule has 1 aromatic rings. The molecule has 7 heteroatoms. The zero-order valence-corrected chi connectivity index (χ0v) is 10.8. The second kappa shape index (κ2) is 6.83. The molecule has 0 aliphatic rings. The van der Waals surface area contributed by atoms with Crippen molar-refractivity contribution in [2.45, 2.75) is 19.7 Å². The van der Waals surface area contributed by atoms with Crippen LogP contribution in [0.4, 0.5) is 18.9 Å². The fourth-order valence-electron chi connectivity index (χ4n) is 1.42. The number of hydrogen-bond donors (Lipinski definition) is 2. The molecule has 0 bridgehead atoms. The number of ether oxygens (including phenoxy) is 1. The third-order valence-corrected chi connectivity index (χ3v) is 2.26. The van der Waals surface area contributed by atoms with Crippen LogP contribution in [0.3, 0.4) is 0 Å². The summed E-state index contributed by atoms with van der Waals surface area (Å²) in [6.45, 7) is 1.87. The van der Waals surface area contributed by atoms with E-state index in [1.54, 1.807) is 18.2 Å². The van der Waals surface area contributed by atoms with E-state index in [0.717, 1.165) is 0 Å². The molecule has 3 N–H and O–H groups in total. The number of carbonyl (C=O) groups is 1. The molecule has 0 fully saturated rings. The largest absolute Gasteiger partial charge is 0.573 e. The summed E-state index contributed by atoms with van der Waals surface area (Å²) in [6, 6.07) is 4.12. The van der Waals surface area contributed by atoms with Crippen molar-refractivity contribution in [2.75, 3.05) is 12.3 Å². The fourth-order valence-corrected chi connectivity index (χ4v) is 1.42. The van der Waals surface area contributed by atoms with Gasteiger partial charge in [0.05, 0.1) is 5.69 Å². The number of alkyl halides is 3. The first-order valence-corrected chi connectivity index (χ1v) is 5.84. The number of hydrogen-bond acceptors (Lipinski definition) is 3. The molecule has 110 valence electrons. The van der Waals surface area contributed by atoms with E-state index in [-0.39, 0.29) is 11.6 Å². The van der Waals surface area contributed by atoms with E-state index in [2.05, 4.69) is 10.1 Å². The SMILES string of the molecule is CC(=O)NCCC=Cc1ccc(N)c(OC(F)(F)F)c1. The summed E-state index contributed by atoms with van der Waals surface area (Å²) in [5.41, 5.74) is 5.85. The maximum absolute atomic E-state index is 12.1. The Bertz CT molecular complexity index is 499. The molecule has 0 saturated carbocycles. The molecule has 0 radical (unpaired) electrons. The summed E-state index contributed by atoms with van der Waals surface area (Å²) in [5, 5.41) is 2.60. The van der Waals surface area contributed by atoms with Gasteiger partial charge in [-0.1, -0.05) is 18.2 Å². The molecule has 1 amide bonds. The number of nitrogen functional groups attached to an aromatic ring is 1. The zero-order chi connectivity index (χ0) is 15.2. The second-order valence-corrected chi connectivity index (χ2v) is 4.02. The Kier molecular flexibility index (Phi) is 5.42. The van der Waals surface area contributed by atoms with E-state index >= 15 is 0 Å². The molecule has 0 aromatic heterocycles. The minimum absolute atomic E-state index is 0.0854. The van der Waals surface area contributed by atoms with E-state index in [4.69, 9.17) is 5.73 Å². The highest BCUT2D eigenvalue weighted by Gasteiger charge is 2.31. The van der Waals surface area contributed by atoms with Gasteiger partial charge in [0.15, 0.2) is 5.75 Å². The minimum atomic E-state index is -4.78. The van der Waals surface area contributed by atoms with Crippen LogP contribution in [0.2, 0.25) is 0 Å². The van der Waals surface area contributed by atoms with Gasteiger partial charge in [-0.3, -0.25) is 4.79 Å². The van der Waals surface area contributed by atoms with Gasteiger partial charge in [0.25, 0.3) is 0 Å². The first kappa shape index (κ1) is 15.9. The summed E-state index contributed by atoms with van der Waals surface area (Å²) in [7, 11) is 0. The highest BCUT2D eigenvalue weighted by molar-refractivity contribution is 5.72. The molecular formula is C13H15F3N2O2. The van der Waals surface area contributed by atoms with Gasteiger partial charge >= 0.3 is 6.36 Å². The van der Waals surface area contributed by atoms with Crippen LogP contribution in [-0.4, -0.2) is 18.8 Å². The van der Waals surface area contributed by atoms with Crippen LogP contribution < -0.4 is 15.8 Å². The van der Waals surface area contributed by atoms with Crippen LogP contribution in [0, 0.1) is 0 Å². The van der Waals surface area contributed by atoms with Crippen LogP contribution in [-0.2, 0) is 4.79 Å². The maximum atomic E-state index is 12.1. The van der Waals surface area contributed by atoms with Gasteiger partial charge in [-0.2, -0.15) is 0 Å². The van der Waals surface area contributed by atoms with Crippen LogP contribution in [0.25, 0.3) is 6.08 Å². The molecule has 1 rings (SSSR count). The molecule has 4 nitrogen and oxygen atoms in total. The van der Waals surface area contributed by atoms with Crippen molar-refractivity contribution in [1.29, 1.82) is 0 Å². The van der Waals surface area contributed by atoms with E-state index in [1.807, 2.05) is 0 Å². The number of anilines is 1. The van der Waals surface area contributed by atoms with Crippen LogP contribution in [0.5, 0.6) is 5.75 Å². The summed E-state index contributed by atoms with van der Waals surface area (Å²) >= 11 is 0. The van der Waals surface area contributed by atoms with E-state index < -0.39 is 12.1 Å². The maximum Gasteiger partial charge on any atom is 0.573 e. The Balaban J connectivity index is 2.65. The predicted octanol–water partition coefficient (Wildman–Crippen LogP) is 2.71. The van der Waals surface area contributed by atoms with Gasteiger partial charge < -0.3 is 15.8 Å². The Morgan fingerprint density at radius 2 is 2.15 bits per heavy atom. The van der Waals surface area contributed by atoms with E-state index in [9.17, 15) is 18.0 Å². The summed E-state index contributed by atoms with van der Waals surface area (Å²) < 4.78 is 40.3. The number of rotatable bonds is 5. The van der Waals surface area contributed by atoms with Gasteiger partial charge in [-0.05, 0) is 24.1 Å². The van der Waals surface area contributed by atoms with Gasteiger partial charge in [0.1, 0.15) is 0 Å². The Labute approximate surface area is 114 Å². The summed E-state index contributed by atoms with van der Waals surface area (Å²) in [6.07, 6.45) is -0.843. The smallest absolute Gasteiger partial charge is 0.404 e. The Hall–Kier alpha value is -2.18. The number of halogens is 3. The lowest BCUT2D eigenvalue weighted by Crippen LogP contribution is -2.20. The number of carbonyl (C=O) groups excluding carboxylic acids is 1. The van der Waals surface area contributed by atoms with Gasteiger partial charge in [-0.15, -0.1) is 13.2 Å². The lowest BCUT2D eigenvalue weighted by atomic mass is 10.1. The minimum Gasteiger partial charge on any atom is -0.404 e. The predicted molar refractivity (Wildman–Crippen MR) is 69.9 cm³/mol. The number of amides is 1. The highest BCUT2D eigenvalue weighted by atomic mass is 19.4. The molecule has 0 saturated heterocycles. The molecule has 0 aliphatic heterocycles. The average Bonchev–Trinajstić information content (AvgIpc) is 2.30. The van der Waals surface area contributed by atoms with E-state index in [0.29, 0.717) is 18.5 Å². The molecule has 20 heavy (non-hydrogen) atoms. The first-order chi connectivity index (χ1) is 9.28. The zero-order valence-electron chi connectivity index (χ0n) is 10.8. The van der Waals surface area contributed by atoms with Crippen molar-refractivity contribution < 1.29 is 22.7 Å². The molecule has 0 heterocycles. The van der Waals surface area contributed by atoms with Gasteiger partial charge in [0.2, 0.25) is 5.91 Å². The molecule has 0 spiro atoms. The standard InChI is InChI=1S/C13H15F3N2O2/c1-9(19)18-7-3-2-4-10-5-6-11(17)12(8-10)20-13(14,15)16/h2,4-6,8H,3,7,17H2,1H3,(H,18,19). The second-order valence-electron chi connectivity index (χ2n) is 4.02. The van der Waals surface area contributed by atoms with E-state index in [1.165, 1.54) is 19.1 Å². The van der Waals surface area contributed by atoms with Crippen LogP contribution in [0.15, 0.2) is 24.3 Å². The fraction of sp³-hybridized carbons (Fsp3) is 0.308. The van der Waals surface area contributed by atoms with Crippen molar-refractivity contribution in [2.24, 2.45) is 0 Å². The molecule has 0 atom stereocenters. The quantitative estimate of drug-likeness (QED) is 0.647. The molecular weight excluding hydrogens is 273 g/mol. The summed E-state index contributed by atoms with van der Waals surface area (Å²) in [5.74, 6) is -0.562. The lowest BCUT2D eigenvalue weighted by molar-refractivity contribution is -0.274. The normalized spacial score (nSPS) is 11.6. The van der Waals surface area contributed by atoms with Crippen LogP contribution >= 0.6 is 0 Å². The van der Waals surface area contributed by atoms with Gasteiger partial charge in [0, 0.05) is 13.5 Å². The highest BCUT2D eigenvalue weighted by Crippen LogP contribution is 2.29. The third-order valence-electron chi connectivity index (χ3n) is 2.26. The number of nitrogens with two attached hydrogens (primary N) is 1. The Morgan fingerprint density at radius 3 is 2.75 bits per heavy atom. The molecule has 1 aromatic carbocycles. The molecule has 0 unspecified atom stereocenters.